The zero-order valence-electron chi connectivity index (χ0n) is 15.7. The number of ether oxygens (including phenoxy) is 1. The highest BCUT2D eigenvalue weighted by Gasteiger charge is 2.20. The molecule has 1 atom stereocenters. The van der Waals surface area contributed by atoms with Crippen LogP contribution in [0.25, 0.3) is 0 Å². The summed E-state index contributed by atoms with van der Waals surface area (Å²) in [6.45, 7) is 1.65. The van der Waals surface area contributed by atoms with Gasteiger partial charge in [0, 0.05) is 31.3 Å². The Kier molecular flexibility index (Phi) is 5.58. The molecule has 1 unspecified atom stereocenters. The molecule has 2 aromatic rings. The number of non-ortho nitro benzene ring substituents is 1. The lowest BCUT2D eigenvalue weighted by atomic mass is 10.0. The van der Waals surface area contributed by atoms with Crippen LogP contribution in [-0.4, -0.2) is 35.3 Å². The molecule has 0 bridgehead atoms. The van der Waals surface area contributed by atoms with Gasteiger partial charge in [0.2, 0.25) is 5.91 Å². The SMILES string of the molecule is CC(c1cccc([N+](=O)[O-])c1)N(C)C(=O)COc1ccc2c(c1)CCC(=O)N2. The molecule has 0 saturated heterocycles. The largest absolute Gasteiger partial charge is 0.484 e. The van der Waals surface area contributed by atoms with Crippen molar-refractivity contribution in [3.05, 3.63) is 63.7 Å². The number of amides is 2. The number of hydrogen-bond donors (Lipinski definition) is 1. The van der Waals surface area contributed by atoms with Crippen LogP contribution in [0.2, 0.25) is 0 Å². The third-order valence-corrected chi connectivity index (χ3v) is 4.87. The van der Waals surface area contributed by atoms with Crippen molar-refractivity contribution in [1.82, 2.24) is 4.90 Å². The monoisotopic (exact) mass is 383 g/mol. The Morgan fingerprint density at radius 2 is 2.07 bits per heavy atom. The number of fused-ring (bicyclic) bond motifs is 1. The zero-order chi connectivity index (χ0) is 20.3. The molecule has 1 heterocycles. The quantitative estimate of drug-likeness (QED) is 0.610. The number of nitrogens with one attached hydrogen (secondary N) is 1. The van der Waals surface area contributed by atoms with E-state index in [1.807, 2.05) is 6.07 Å². The van der Waals surface area contributed by atoms with Crippen molar-refractivity contribution >= 4 is 23.2 Å². The first-order valence-corrected chi connectivity index (χ1v) is 8.90. The summed E-state index contributed by atoms with van der Waals surface area (Å²) in [5.41, 5.74) is 2.41. The minimum atomic E-state index is -0.459. The van der Waals surface area contributed by atoms with Crippen molar-refractivity contribution in [2.75, 3.05) is 19.0 Å². The van der Waals surface area contributed by atoms with Gasteiger partial charge in [-0.05, 0) is 42.7 Å². The van der Waals surface area contributed by atoms with Gasteiger partial charge < -0.3 is 15.0 Å². The van der Waals surface area contributed by atoms with Gasteiger partial charge in [-0.1, -0.05) is 12.1 Å². The number of nitro benzene ring substituents is 1. The number of nitrogens with zero attached hydrogens (tertiary/aromatic N) is 2. The summed E-state index contributed by atoms with van der Waals surface area (Å²) in [7, 11) is 1.64. The molecule has 1 N–H and O–H groups in total. The Morgan fingerprint density at radius 3 is 2.82 bits per heavy atom. The van der Waals surface area contributed by atoms with Crippen LogP contribution in [0.5, 0.6) is 5.75 Å². The average molecular weight is 383 g/mol. The molecule has 8 nitrogen and oxygen atoms in total. The van der Waals surface area contributed by atoms with Crippen LogP contribution in [0.4, 0.5) is 11.4 Å². The smallest absolute Gasteiger partial charge is 0.269 e. The van der Waals surface area contributed by atoms with Crippen LogP contribution in [0.15, 0.2) is 42.5 Å². The van der Waals surface area contributed by atoms with E-state index < -0.39 is 4.92 Å². The third-order valence-electron chi connectivity index (χ3n) is 4.87. The number of carbonyl (C=O) groups excluding carboxylic acids is 2. The molecule has 0 fully saturated rings. The van der Waals surface area contributed by atoms with Crippen LogP contribution in [0.1, 0.15) is 30.5 Å². The molecule has 0 saturated carbocycles. The molecule has 146 valence electrons. The second-order valence-corrected chi connectivity index (χ2v) is 6.69. The molecular formula is C20H21N3O5. The average Bonchev–Trinajstić information content (AvgIpc) is 2.70. The highest BCUT2D eigenvalue weighted by Crippen LogP contribution is 2.27. The Labute approximate surface area is 162 Å². The Balaban J connectivity index is 1.62. The lowest BCUT2D eigenvalue weighted by Crippen LogP contribution is -2.33. The number of anilines is 1. The number of likely N-dealkylation sites (N-methyl/N-ethyl adjacent to an activating group) is 1. The van der Waals surface area contributed by atoms with Crippen LogP contribution >= 0.6 is 0 Å². The zero-order valence-corrected chi connectivity index (χ0v) is 15.7. The number of aryl methyl sites for hydroxylation is 1. The maximum atomic E-state index is 12.5. The van der Waals surface area contributed by atoms with Crippen molar-refractivity contribution < 1.29 is 19.2 Å². The summed E-state index contributed by atoms with van der Waals surface area (Å²) >= 11 is 0. The highest BCUT2D eigenvalue weighted by atomic mass is 16.6. The Hall–Kier alpha value is -3.42. The number of benzene rings is 2. The highest BCUT2D eigenvalue weighted by molar-refractivity contribution is 5.94. The van der Waals surface area contributed by atoms with Crippen LogP contribution in [0, 0.1) is 10.1 Å². The fourth-order valence-electron chi connectivity index (χ4n) is 3.03. The first kappa shape index (κ1) is 19.3. The number of nitro groups is 1. The van der Waals surface area contributed by atoms with E-state index in [2.05, 4.69) is 5.32 Å². The molecule has 1 aliphatic rings. The van der Waals surface area contributed by atoms with Gasteiger partial charge in [0.25, 0.3) is 11.6 Å². The van der Waals surface area contributed by atoms with Gasteiger partial charge in [-0.2, -0.15) is 0 Å². The second-order valence-electron chi connectivity index (χ2n) is 6.69. The minimum Gasteiger partial charge on any atom is -0.484 e. The fourth-order valence-corrected chi connectivity index (χ4v) is 3.03. The van der Waals surface area contributed by atoms with E-state index in [9.17, 15) is 19.7 Å². The van der Waals surface area contributed by atoms with Gasteiger partial charge in [0.15, 0.2) is 6.61 Å². The maximum Gasteiger partial charge on any atom is 0.269 e. The fraction of sp³-hybridized carbons (Fsp3) is 0.300. The molecule has 28 heavy (non-hydrogen) atoms. The van der Waals surface area contributed by atoms with E-state index in [0.29, 0.717) is 24.2 Å². The summed E-state index contributed by atoms with van der Waals surface area (Å²) in [5, 5.41) is 13.7. The number of rotatable bonds is 6. The predicted octanol–water partition coefficient (Wildman–Crippen LogP) is 3.08. The summed E-state index contributed by atoms with van der Waals surface area (Å²) in [4.78, 5) is 35.9. The summed E-state index contributed by atoms with van der Waals surface area (Å²) in [6.07, 6.45) is 1.06. The molecule has 0 aromatic heterocycles. The second kappa shape index (κ2) is 8.08. The maximum absolute atomic E-state index is 12.5. The molecule has 2 aromatic carbocycles. The molecule has 0 radical (unpaired) electrons. The Bertz CT molecular complexity index is 928. The van der Waals surface area contributed by atoms with Crippen molar-refractivity contribution in [3.63, 3.8) is 0 Å². The van der Waals surface area contributed by atoms with Crippen molar-refractivity contribution in [3.8, 4) is 5.75 Å². The van der Waals surface area contributed by atoms with Gasteiger partial charge in [-0.25, -0.2) is 0 Å². The van der Waals surface area contributed by atoms with Gasteiger partial charge in [0.1, 0.15) is 5.75 Å². The van der Waals surface area contributed by atoms with Gasteiger partial charge in [-0.15, -0.1) is 0 Å². The van der Waals surface area contributed by atoms with E-state index in [1.54, 1.807) is 38.2 Å². The number of carbonyl (C=O) groups is 2. The first-order chi connectivity index (χ1) is 13.3. The lowest BCUT2D eigenvalue weighted by Gasteiger charge is -2.25. The van der Waals surface area contributed by atoms with Gasteiger partial charge in [0.05, 0.1) is 11.0 Å². The molecule has 3 rings (SSSR count). The van der Waals surface area contributed by atoms with Crippen molar-refractivity contribution in [1.29, 1.82) is 0 Å². The predicted molar refractivity (Wildman–Crippen MR) is 103 cm³/mol. The van der Waals surface area contributed by atoms with Gasteiger partial charge in [-0.3, -0.25) is 19.7 Å². The van der Waals surface area contributed by atoms with E-state index >= 15 is 0 Å². The molecule has 0 spiro atoms. The van der Waals surface area contributed by atoms with Crippen LogP contribution in [-0.2, 0) is 16.0 Å². The number of hydrogen-bond acceptors (Lipinski definition) is 5. The molecule has 0 aliphatic carbocycles. The van der Waals surface area contributed by atoms with Crippen molar-refractivity contribution in [2.24, 2.45) is 0 Å². The van der Waals surface area contributed by atoms with Crippen LogP contribution < -0.4 is 10.1 Å². The molecule has 1 aliphatic heterocycles. The Morgan fingerprint density at radius 1 is 1.29 bits per heavy atom. The van der Waals surface area contributed by atoms with Gasteiger partial charge >= 0.3 is 0 Å². The van der Waals surface area contributed by atoms with E-state index in [-0.39, 0.29) is 30.2 Å². The topological polar surface area (TPSA) is 102 Å². The van der Waals surface area contributed by atoms with Crippen molar-refractivity contribution in [2.45, 2.75) is 25.8 Å². The summed E-state index contributed by atoms with van der Waals surface area (Å²) in [6, 6.07) is 11.2. The first-order valence-electron chi connectivity index (χ1n) is 8.90. The van der Waals surface area contributed by atoms with E-state index in [4.69, 9.17) is 4.74 Å². The molecule has 8 heteroatoms. The summed E-state index contributed by atoms with van der Waals surface area (Å²) < 4.78 is 5.62. The standard InChI is InChI=1S/C20H21N3O5/c1-13(14-4-3-5-16(10-14)23(26)27)22(2)20(25)12-28-17-7-8-18-15(11-17)6-9-19(24)21-18/h3-5,7-8,10-11,13H,6,9,12H2,1-2H3,(H,21,24). The lowest BCUT2D eigenvalue weighted by molar-refractivity contribution is -0.384. The van der Waals surface area contributed by atoms with Crippen LogP contribution in [0.3, 0.4) is 0 Å². The minimum absolute atomic E-state index is 0.00638. The third kappa shape index (κ3) is 4.28. The normalized spacial score (nSPS) is 13.9. The summed E-state index contributed by atoms with van der Waals surface area (Å²) in [5.74, 6) is 0.304. The molecular weight excluding hydrogens is 362 g/mol. The molecule has 2 amide bonds. The van der Waals surface area contributed by atoms with E-state index in [1.165, 1.54) is 17.0 Å². The van der Waals surface area contributed by atoms with E-state index in [0.717, 1.165) is 11.3 Å².